The summed E-state index contributed by atoms with van der Waals surface area (Å²) in [6.07, 6.45) is 9.88. The van der Waals surface area contributed by atoms with Crippen LogP contribution in [0.5, 0.6) is 0 Å². The highest BCUT2D eigenvalue weighted by Crippen LogP contribution is 2.37. The maximum absolute atomic E-state index is 2.60. The van der Waals surface area contributed by atoms with E-state index in [-0.39, 0.29) is 0 Å². The maximum atomic E-state index is 2.60. The van der Waals surface area contributed by atoms with Crippen LogP contribution in [0, 0.1) is 5.41 Å². The van der Waals surface area contributed by atoms with Crippen LogP contribution in [0.4, 0.5) is 0 Å². The molecule has 0 rings (SSSR count). The Morgan fingerprint density at radius 2 is 1.43 bits per heavy atom. The maximum Gasteiger partial charge on any atom is 0.00519 e. The van der Waals surface area contributed by atoms with Gasteiger partial charge in [-0.25, -0.2) is 0 Å². The fourth-order valence-corrected chi connectivity index (χ4v) is 3.91. The zero-order valence-corrected chi connectivity index (χ0v) is 13.9. The number of hydrogen-bond acceptors (Lipinski definition) is 0. The molecule has 0 saturated carbocycles. The largest absolute Gasteiger partial charge is 0.0864 e. The number of hydrogen-bond donors (Lipinski definition) is 0. The highest BCUT2D eigenvalue weighted by molar-refractivity contribution is 14.1. The van der Waals surface area contributed by atoms with Gasteiger partial charge < -0.3 is 0 Å². The van der Waals surface area contributed by atoms with Crippen LogP contribution in [0.1, 0.15) is 58.8 Å². The first-order valence-corrected chi connectivity index (χ1v) is 8.91. The molecule has 0 heterocycles. The zero-order chi connectivity index (χ0) is 10.9. The van der Waals surface area contributed by atoms with Crippen molar-refractivity contribution in [1.82, 2.24) is 0 Å². The highest BCUT2D eigenvalue weighted by Gasteiger charge is 2.25. The van der Waals surface area contributed by atoms with Crippen LogP contribution < -0.4 is 0 Å². The van der Waals surface area contributed by atoms with Gasteiger partial charge in [0, 0.05) is 4.43 Å². The van der Waals surface area contributed by atoms with E-state index in [1.54, 1.807) is 0 Å². The minimum atomic E-state index is 0.676. The van der Waals surface area contributed by atoms with Gasteiger partial charge in [-0.2, -0.15) is 0 Å². The predicted molar refractivity (Wildman–Crippen MR) is 83.9 cm³/mol. The third-order valence-corrected chi connectivity index (χ3v) is 5.32. The van der Waals surface area contributed by atoms with E-state index in [4.69, 9.17) is 0 Å². The molecule has 0 unspecified atom stereocenters. The average molecular weight is 422 g/mol. The van der Waals surface area contributed by atoms with Crippen molar-refractivity contribution >= 4 is 45.2 Å². The van der Waals surface area contributed by atoms with Crippen molar-refractivity contribution in [1.29, 1.82) is 0 Å². The summed E-state index contributed by atoms with van der Waals surface area (Å²) in [6, 6.07) is 0. The topological polar surface area (TPSA) is 0 Å². The van der Waals surface area contributed by atoms with Crippen LogP contribution in [0.3, 0.4) is 0 Å². The molecule has 0 aliphatic carbocycles. The third kappa shape index (κ3) is 6.13. The minimum Gasteiger partial charge on any atom is -0.0864 e. The molecular weight excluding hydrogens is 398 g/mol. The van der Waals surface area contributed by atoms with E-state index >= 15 is 0 Å². The summed E-state index contributed by atoms with van der Waals surface area (Å²) >= 11 is 5.09. The molecule has 0 spiro atoms. The lowest BCUT2D eigenvalue weighted by Gasteiger charge is -2.31. The van der Waals surface area contributed by atoms with Crippen molar-refractivity contribution in [2.24, 2.45) is 5.41 Å². The molecule has 86 valence electrons. The van der Waals surface area contributed by atoms with Gasteiger partial charge in [0.1, 0.15) is 0 Å². The number of rotatable bonds is 9. The van der Waals surface area contributed by atoms with Crippen LogP contribution in [-0.2, 0) is 0 Å². The van der Waals surface area contributed by atoms with Crippen LogP contribution in [-0.4, -0.2) is 8.86 Å². The molecule has 0 aliphatic rings. The van der Waals surface area contributed by atoms with Crippen LogP contribution in [0.25, 0.3) is 0 Å². The zero-order valence-electron chi connectivity index (χ0n) is 9.62. The van der Waals surface area contributed by atoms with Crippen molar-refractivity contribution in [3.8, 4) is 0 Å². The van der Waals surface area contributed by atoms with Gasteiger partial charge in [-0.3, -0.25) is 0 Å². The summed E-state index contributed by atoms with van der Waals surface area (Å²) in [5, 5.41) is 0. The summed E-state index contributed by atoms with van der Waals surface area (Å²) in [5.41, 5.74) is 0.676. The Morgan fingerprint density at radius 1 is 0.857 bits per heavy atom. The lowest BCUT2D eigenvalue weighted by atomic mass is 9.77. The molecule has 2 heteroatoms. The Kier molecular flexibility index (Phi) is 10.7. The molecular formula is C12H24I2. The second kappa shape index (κ2) is 9.67. The van der Waals surface area contributed by atoms with E-state index in [0.717, 1.165) is 0 Å². The Hall–Kier alpha value is 1.46. The summed E-state index contributed by atoms with van der Waals surface area (Å²) < 4.78 is 2.68. The van der Waals surface area contributed by atoms with Crippen LogP contribution in [0.2, 0.25) is 0 Å². The van der Waals surface area contributed by atoms with E-state index in [1.165, 1.54) is 53.8 Å². The molecule has 0 fully saturated rings. The SMILES string of the molecule is CCCC(CI)(CCC)CCCCI. The van der Waals surface area contributed by atoms with Gasteiger partial charge in [-0.05, 0) is 35.5 Å². The molecule has 0 bridgehead atoms. The average Bonchev–Trinajstić information content (AvgIpc) is 2.19. The monoisotopic (exact) mass is 422 g/mol. The summed E-state index contributed by atoms with van der Waals surface area (Å²) in [4.78, 5) is 0. The molecule has 0 aromatic heterocycles. The van der Waals surface area contributed by atoms with Gasteiger partial charge in [0.25, 0.3) is 0 Å². The minimum absolute atomic E-state index is 0.676. The smallest absolute Gasteiger partial charge is 0.00519 e. The first-order chi connectivity index (χ1) is 6.74. The second-order valence-electron chi connectivity index (χ2n) is 4.28. The van der Waals surface area contributed by atoms with Crippen LogP contribution >= 0.6 is 45.2 Å². The number of alkyl halides is 2. The van der Waals surface area contributed by atoms with Crippen molar-refractivity contribution in [2.75, 3.05) is 8.86 Å². The molecule has 0 aromatic carbocycles. The molecule has 0 nitrogen and oxygen atoms in total. The van der Waals surface area contributed by atoms with Gasteiger partial charge in [-0.15, -0.1) is 0 Å². The molecule has 0 N–H and O–H groups in total. The van der Waals surface area contributed by atoms with Gasteiger partial charge in [0.2, 0.25) is 0 Å². The van der Waals surface area contributed by atoms with Gasteiger partial charge >= 0.3 is 0 Å². The van der Waals surface area contributed by atoms with E-state index in [1.807, 2.05) is 0 Å². The lowest BCUT2D eigenvalue weighted by molar-refractivity contribution is 0.250. The van der Waals surface area contributed by atoms with Gasteiger partial charge in [0.05, 0.1) is 0 Å². The summed E-state index contributed by atoms with van der Waals surface area (Å²) in [6.45, 7) is 4.66. The van der Waals surface area contributed by atoms with Gasteiger partial charge in [-0.1, -0.05) is 78.3 Å². The molecule has 0 aromatic rings. The third-order valence-electron chi connectivity index (χ3n) is 2.93. The van der Waals surface area contributed by atoms with Crippen molar-refractivity contribution in [3.05, 3.63) is 0 Å². The van der Waals surface area contributed by atoms with Crippen LogP contribution in [0.15, 0.2) is 0 Å². The van der Waals surface area contributed by atoms with Crippen molar-refractivity contribution in [3.63, 3.8) is 0 Å². The normalized spacial score (nSPS) is 12.0. The second-order valence-corrected chi connectivity index (χ2v) is 6.12. The number of unbranched alkanes of at least 4 members (excludes halogenated alkanes) is 1. The van der Waals surface area contributed by atoms with Crippen molar-refractivity contribution in [2.45, 2.75) is 58.8 Å². The first-order valence-electron chi connectivity index (χ1n) is 5.86. The number of halogens is 2. The molecule has 0 saturated heterocycles. The van der Waals surface area contributed by atoms with Gasteiger partial charge in [0.15, 0.2) is 0 Å². The Bertz CT molecular complexity index is 117. The molecule has 14 heavy (non-hydrogen) atoms. The standard InChI is InChI=1S/C12H24I2/c1-3-7-12(11-14,8-4-2)9-5-6-10-13/h3-11H2,1-2H3. The Morgan fingerprint density at radius 3 is 1.79 bits per heavy atom. The van der Waals surface area contributed by atoms with E-state index in [9.17, 15) is 0 Å². The summed E-state index contributed by atoms with van der Waals surface area (Å²) in [7, 11) is 0. The lowest BCUT2D eigenvalue weighted by Crippen LogP contribution is -2.22. The quantitative estimate of drug-likeness (QED) is 0.257. The Balaban J connectivity index is 4.03. The predicted octanol–water partition coefficient (Wildman–Crippen LogP) is 5.61. The summed E-state index contributed by atoms with van der Waals surface area (Å²) in [5.74, 6) is 0. The van der Waals surface area contributed by atoms with E-state index in [0.29, 0.717) is 5.41 Å². The molecule has 0 atom stereocenters. The van der Waals surface area contributed by atoms with Crippen molar-refractivity contribution < 1.29 is 0 Å². The fourth-order valence-electron chi connectivity index (χ4n) is 2.23. The molecule has 0 radical (unpaired) electrons. The van der Waals surface area contributed by atoms with E-state index in [2.05, 4.69) is 59.0 Å². The van der Waals surface area contributed by atoms with E-state index < -0.39 is 0 Å². The highest BCUT2D eigenvalue weighted by atomic mass is 127. The molecule has 0 amide bonds. The fraction of sp³-hybridized carbons (Fsp3) is 1.00. The first kappa shape index (κ1) is 15.5. The Labute approximate surface area is 117 Å². The molecule has 0 aliphatic heterocycles.